The minimum Gasteiger partial charge on any atom is -0.387 e. The molecular formula is C19H22ClFN2O2. The second-order valence-electron chi connectivity index (χ2n) is 6.49. The number of urea groups is 1. The van der Waals surface area contributed by atoms with E-state index in [9.17, 15) is 14.3 Å². The number of hydrogen-bond acceptors (Lipinski definition) is 2. The lowest BCUT2D eigenvalue weighted by atomic mass is 9.84. The Hall–Kier alpha value is -2.11. The van der Waals surface area contributed by atoms with Crippen molar-refractivity contribution >= 4 is 17.6 Å². The maximum Gasteiger partial charge on any atom is 0.314 e. The van der Waals surface area contributed by atoms with Crippen molar-refractivity contribution in [2.75, 3.05) is 13.1 Å². The Balaban J connectivity index is 1.84. The maximum atomic E-state index is 13.9. The van der Waals surface area contributed by atoms with Gasteiger partial charge in [-0.3, -0.25) is 0 Å². The van der Waals surface area contributed by atoms with E-state index in [-0.39, 0.29) is 18.9 Å². The van der Waals surface area contributed by atoms with Crippen LogP contribution in [-0.2, 0) is 5.41 Å². The fraction of sp³-hybridized carbons (Fsp3) is 0.316. The zero-order valence-corrected chi connectivity index (χ0v) is 15.0. The number of halogens is 2. The lowest BCUT2D eigenvalue weighted by molar-refractivity contribution is 0.173. The lowest BCUT2D eigenvalue weighted by Crippen LogP contribution is -2.43. The van der Waals surface area contributed by atoms with Crippen molar-refractivity contribution in [3.63, 3.8) is 0 Å². The summed E-state index contributed by atoms with van der Waals surface area (Å²) in [7, 11) is 0. The van der Waals surface area contributed by atoms with Crippen molar-refractivity contribution < 1.29 is 14.3 Å². The Morgan fingerprint density at radius 2 is 1.80 bits per heavy atom. The van der Waals surface area contributed by atoms with Gasteiger partial charge in [0.25, 0.3) is 0 Å². The predicted octanol–water partition coefficient (Wildman–Crippen LogP) is 3.79. The van der Waals surface area contributed by atoms with Crippen LogP contribution in [-0.4, -0.2) is 24.2 Å². The molecule has 0 aliphatic heterocycles. The zero-order chi connectivity index (χ0) is 18.4. The van der Waals surface area contributed by atoms with Crippen LogP contribution in [0, 0.1) is 5.82 Å². The van der Waals surface area contributed by atoms with Crippen LogP contribution in [0.15, 0.2) is 48.5 Å². The second-order valence-corrected chi connectivity index (χ2v) is 6.93. The molecule has 0 aliphatic rings. The number of rotatable bonds is 6. The molecule has 6 heteroatoms. The van der Waals surface area contributed by atoms with Crippen LogP contribution < -0.4 is 10.6 Å². The molecule has 1 atom stereocenters. The van der Waals surface area contributed by atoms with Crippen LogP contribution in [0.1, 0.15) is 31.1 Å². The number of nitrogens with one attached hydrogen (secondary N) is 2. The summed E-state index contributed by atoms with van der Waals surface area (Å²) < 4.78 is 13.9. The molecule has 0 saturated heterocycles. The van der Waals surface area contributed by atoms with Gasteiger partial charge in [0.15, 0.2) is 0 Å². The van der Waals surface area contributed by atoms with Gasteiger partial charge in [0.1, 0.15) is 5.82 Å². The Morgan fingerprint density at radius 3 is 2.44 bits per heavy atom. The summed E-state index contributed by atoms with van der Waals surface area (Å²) in [5.41, 5.74) is 0.644. The highest BCUT2D eigenvalue weighted by molar-refractivity contribution is 6.30. The Labute approximate surface area is 152 Å². The summed E-state index contributed by atoms with van der Waals surface area (Å²) >= 11 is 5.80. The van der Waals surface area contributed by atoms with E-state index in [1.807, 2.05) is 13.8 Å². The molecule has 0 bridgehead atoms. The monoisotopic (exact) mass is 364 g/mol. The quantitative estimate of drug-likeness (QED) is 0.730. The SMILES string of the molecule is CC(C)(CNC(=O)NCC(O)c1ccc(Cl)cc1)c1ccccc1F. The van der Waals surface area contributed by atoms with Crippen molar-refractivity contribution in [2.45, 2.75) is 25.4 Å². The normalized spacial score (nSPS) is 12.5. The maximum absolute atomic E-state index is 13.9. The van der Waals surface area contributed by atoms with Gasteiger partial charge in [0, 0.05) is 23.5 Å². The van der Waals surface area contributed by atoms with Gasteiger partial charge in [-0.05, 0) is 29.3 Å². The van der Waals surface area contributed by atoms with Gasteiger partial charge in [-0.1, -0.05) is 55.8 Å². The summed E-state index contributed by atoms with van der Waals surface area (Å²) in [5.74, 6) is -0.298. The number of amides is 2. The number of carbonyl (C=O) groups excluding carboxylic acids is 1. The molecule has 0 radical (unpaired) electrons. The molecule has 0 aliphatic carbocycles. The molecule has 0 fully saturated rings. The van der Waals surface area contributed by atoms with Gasteiger partial charge in [0.2, 0.25) is 0 Å². The predicted molar refractivity (Wildman–Crippen MR) is 97.2 cm³/mol. The number of benzene rings is 2. The molecule has 1 unspecified atom stereocenters. The minimum absolute atomic E-state index is 0.0631. The van der Waals surface area contributed by atoms with E-state index < -0.39 is 17.6 Å². The van der Waals surface area contributed by atoms with Crippen LogP contribution in [0.3, 0.4) is 0 Å². The lowest BCUT2D eigenvalue weighted by Gasteiger charge is -2.26. The molecule has 2 rings (SSSR count). The smallest absolute Gasteiger partial charge is 0.314 e. The number of hydrogen-bond donors (Lipinski definition) is 3. The van der Waals surface area contributed by atoms with Crippen molar-refractivity contribution in [1.29, 1.82) is 0 Å². The largest absolute Gasteiger partial charge is 0.387 e. The number of aliphatic hydroxyl groups is 1. The first-order chi connectivity index (χ1) is 11.8. The van der Waals surface area contributed by atoms with E-state index in [0.29, 0.717) is 16.1 Å². The molecule has 0 saturated carbocycles. The molecule has 0 aromatic heterocycles. The molecule has 3 N–H and O–H groups in total. The molecule has 0 spiro atoms. The van der Waals surface area contributed by atoms with Crippen LogP contribution in [0.5, 0.6) is 0 Å². The van der Waals surface area contributed by atoms with E-state index in [2.05, 4.69) is 10.6 Å². The first-order valence-corrected chi connectivity index (χ1v) is 8.37. The van der Waals surface area contributed by atoms with Crippen LogP contribution in [0.2, 0.25) is 5.02 Å². The van der Waals surface area contributed by atoms with Gasteiger partial charge >= 0.3 is 6.03 Å². The first kappa shape index (κ1) is 19.2. The Morgan fingerprint density at radius 1 is 1.16 bits per heavy atom. The van der Waals surface area contributed by atoms with Crippen LogP contribution >= 0.6 is 11.6 Å². The fourth-order valence-corrected chi connectivity index (χ4v) is 2.59. The standard InChI is InChI=1S/C19H22ClFN2O2/c1-19(2,15-5-3-4-6-16(15)21)12-23-18(25)22-11-17(24)13-7-9-14(20)10-8-13/h3-10,17,24H,11-12H2,1-2H3,(H2,22,23,25). The third-order valence-corrected chi connectivity index (χ3v) is 4.26. The van der Waals surface area contributed by atoms with Crippen LogP contribution in [0.4, 0.5) is 9.18 Å². The second kappa shape index (κ2) is 8.32. The topological polar surface area (TPSA) is 61.4 Å². The Bertz CT molecular complexity index is 720. The van der Waals surface area contributed by atoms with E-state index in [4.69, 9.17) is 11.6 Å². The van der Waals surface area contributed by atoms with E-state index in [1.54, 1.807) is 42.5 Å². The van der Waals surface area contributed by atoms with Gasteiger partial charge in [-0.2, -0.15) is 0 Å². The fourth-order valence-electron chi connectivity index (χ4n) is 2.46. The molecule has 4 nitrogen and oxygen atoms in total. The highest BCUT2D eigenvalue weighted by Gasteiger charge is 2.24. The van der Waals surface area contributed by atoms with Crippen molar-refractivity contribution in [3.8, 4) is 0 Å². The molecule has 2 aromatic rings. The van der Waals surface area contributed by atoms with Gasteiger partial charge in [-0.25, -0.2) is 9.18 Å². The molecule has 0 heterocycles. The molecule has 2 aromatic carbocycles. The number of aliphatic hydroxyl groups excluding tert-OH is 1. The van der Waals surface area contributed by atoms with Crippen molar-refractivity contribution in [2.24, 2.45) is 0 Å². The average Bonchev–Trinajstić information content (AvgIpc) is 2.59. The van der Waals surface area contributed by atoms with Crippen LogP contribution in [0.25, 0.3) is 0 Å². The molecular weight excluding hydrogens is 343 g/mol. The van der Waals surface area contributed by atoms with E-state index in [1.165, 1.54) is 6.07 Å². The van der Waals surface area contributed by atoms with Crippen molar-refractivity contribution in [3.05, 3.63) is 70.5 Å². The highest BCUT2D eigenvalue weighted by Crippen LogP contribution is 2.24. The van der Waals surface area contributed by atoms with E-state index in [0.717, 1.165) is 0 Å². The van der Waals surface area contributed by atoms with Crippen molar-refractivity contribution in [1.82, 2.24) is 10.6 Å². The van der Waals surface area contributed by atoms with Gasteiger partial charge in [0.05, 0.1) is 6.10 Å². The summed E-state index contributed by atoms with van der Waals surface area (Å²) in [6.07, 6.45) is -0.831. The molecule has 134 valence electrons. The van der Waals surface area contributed by atoms with Gasteiger partial charge < -0.3 is 15.7 Å². The Kier molecular flexibility index (Phi) is 6.39. The highest BCUT2D eigenvalue weighted by atomic mass is 35.5. The first-order valence-electron chi connectivity index (χ1n) is 8.00. The number of carbonyl (C=O) groups is 1. The summed E-state index contributed by atoms with van der Waals surface area (Å²) in [4.78, 5) is 11.9. The zero-order valence-electron chi connectivity index (χ0n) is 14.2. The summed E-state index contributed by atoms with van der Waals surface area (Å²) in [6, 6.07) is 12.8. The average molecular weight is 365 g/mol. The van der Waals surface area contributed by atoms with Gasteiger partial charge in [-0.15, -0.1) is 0 Å². The third-order valence-electron chi connectivity index (χ3n) is 4.00. The van der Waals surface area contributed by atoms with E-state index >= 15 is 0 Å². The third kappa shape index (κ3) is 5.44. The molecule has 2 amide bonds. The summed E-state index contributed by atoms with van der Waals surface area (Å²) in [6.45, 7) is 4.03. The minimum atomic E-state index is -0.831. The summed E-state index contributed by atoms with van der Waals surface area (Å²) in [5, 5.41) is 16.0. The molecule has 25 heavy (non-hydrogen) atoms.